The van der Waals surface area contributed by atoms with Crippen LogP contribution in [0.4, 0.5) is 24.5 Å². The molecule has 5 nitrogen and oxygen atoms in total. The zero-order chi connectivity index (χ0) is 18.6. The molecule has 1 amide bonds. The van der Waals surface area contributed by atoms with E-state index in [-0.39, 0.29) is 16.9 Å². The molecule has 0 aromatic heterocycles. The molecule has 0 spiro atoms. The van der Waals surface area contributed by atoms with Crippen molar-refractivity contribution in [2.45, 2.75) is 19.2 Å². The molecule has 3 N–H and O–H groups in total. The molecule has 0 bridgehead atoms. The van der Waals surface area contributed by atoms with Crippen molar-refractivity contribution in [3.05, 3.63) is 59.7 Å². The maximum Gasteiger partial charge on any atom is 0.416 e. The molecular formula is C17H15F3N2O3. The summed E-state index contributed by atoms with van der Waals surface area (Å²) in [7, 11) is 0. The van der Waals surface area contributed by atoms with Crippen LogP contribution in [0.15, 0.2) is 48.5 Å². The molecule has 0 heterocycles. The smallest absolute Gasteiger partial charge is 0.416 e. The molecule has 0 aliphatic carbocycles. The van der Waals surface area contributed by atoms with Gasteiger partial charge in [-0.15, -0.1) is 0 Å². The van der Waals surface area contributed by atoms with Gasteiger partial charge in [0, 0.05) is 5.69 Å². The molecule has 2 aromatic rings. The lowest BCUT2D eigenvalue weighted by atomic mass is 10.1. The minimum absolute atomic E-state index is 0.0630. The fraction of sp³-hybridized carbons (Fsp3) is 0.176. The third kappa shape index (κ3) is 4.72. The predicted molar refractivity (Wildman–Crippen MR) is 85.2 cm³/mol. The number of hydrogen-bond donors (Lipinski definition) is 2. The van der Waals surface area contributed by atoms with Gasteiger partial charge in [-0.1, -0.05) is 18.2 Å². The van der Waals surface area contributed by atoms with Crippen molar-refractivity contribution in [1.82, 2.24) is 0 Å². The van der Waals surface area contributed by atoms with E-state index in [1.54, 1.807) is 12.1 Å². The van der Waals surface area contributed by atoms with Crippen molar-refractivity contribution >= 4 is 23.3 Å². The van der Waals surface area contributed by atoms with Gasteiger partial charge in [0.25, 0.3) is 5.91 Å². The average molecular weight is 352 g/mol. The summed E-state index contributed by atoms with van der Waals surface area (Å²) in [4.78, 5) is 23.1. The molecule has 0 aliphatic rings. The Morgan fingerprint density at radius 2 is 1.80 bits per heavy atom. The number of nitrogens with one attached hydrogen (secondary N) is 1. The molecule has 0 unspecified atom stereocenters. The number of benzene rings is 2. The lowest BCUT2D eigenvalue weighted by Gasteiger charge is -2.15. The summed E-state index contributed by atoms with van der Waals surface area (Å²) in [5, 5.41) is 2.75. The Bertz CT molecular complexity index is 791. The molecular weight excluding hydrogens is 337 g/mol. The minimum Gasteiger partial charge on any atom is -0.449 e. The van der Waals surface area contributed by atoms with E-state index in [4.69, 9.17) is 10.5 Å². The third-order valence-electron chi connectivity index (χ3n) is 3.30. The normalized spacial score (nSPS) is 12.3. The monoisotopic (exact) mass is 352 g/mol. The number of alkyl halides is 3. The molecule has 0 fully saturated rings. The Balaban J connectivity index is 2.27. The first kappa shape index (κ1) is 18.3. The standard InChI is InChI=1S/C17H15F3N2O3/c1-10(15(21)23)25-16(24)13-7-2-3-8-14(13)22-12-6-4-5-11(9-12)17(18,19)20/h2-10,22H,1H3,(H2,21,23)/t10-/m1/s1. The first-order valence-corrected chi connectivity index (χ1v) is 7.22. The van der Waals surface area contributed by atoms with Crippen LogP contribution in [0.25, 0.3) is 0 Å². The lowest BCUT2D eigenvalue weighted by Crippen LogP contribution is -2.30. The summed E-state index contributed by atoms with van der Waals surface area (Å²) in [6.45, 7) is 1.32. The zero-order valence-corrected chi connectivity index (χ0v) is 13.1. The lowest BCUT2D eigenvalue weighted by molar-refractivity contribution is -0.137. The van der Waals surface area contributed by atoms with E-state index in [0.29, 0.717) is 0 Å². The summed E-state index contributed by atoms with van der Waals surface area (Å²) < 4.78 is 43.3. The van der Waals surface area contributed by atoms with E-state index in [2.05, 4.69) is 5.32 Å². The molecule has 0 saturated carbocycles. The number of esters is 1. The van der Waals surface area contributed by atoms with E-state index >= 15 is 0 Å². The average Bonchev–Trinajstić information content (AvgIpc) is 2.54. The number of para-hydroxylation sites is 1. The van der Waals surface area contributed by atoms with Crippen LogP contribution in [0.1, 0.15) is 22.8 Å². The number of primary amides is 1. The number of carbonyl (C=O) groups is 2. The van der Waals surface area contributed by atoms with Gasteiger partial charge in [0.05, 0.1) is 16.8 Å². The van der Waals surface area contributed by atoms with Gasteiger partial charge < -0.3 is 15.8 Å². The summed E-state index contributed by atoms with van der Waals surface area (Å²) in [5.74, 6) is -1.63. The number of amides is 1. The second kappa shape index (κ2) is 7.25. The number of anilines is 2. The SMILES string of the molecule is C[C@@H](OC(=O)c1ccccc1Nc1cccc(C(F)(F)F)c1)C(N)=O. The number of halogens is 3. The van der Waals surface area contributed by atoms with Crippen molar-refractivity contribution < 1.29 is 27.5 Å². The fourth-order valence-electron chi connectivity index (χ4n) is 1.98. The molecule has 25 heavy (non-hydrogen) atoms. The molecule has 0 aliphatic heterocycles. The predicted octanol–water partition coefficient (Wildman–Crippen LogP) is 3.48. The highest BCUT2D eigenvalue weighted by atomic mass is 19.4. The Hall–Kier alpha value is -3.03. The van der Waals surface area contributed by atoms with Gasteiger partial charge in [0.15, 0.2) is 6.10 Å². The Morgan fingerprint density at radius 3 is 2.44 bits per heavy atom. The largest absolute Gasteiger partial charge is 0.449 e. The van der Waals surface area contributed by atoms with Crippen molar-refractivity contribution in [2.75, 3.05) is 5.32 Å². The first-order valence-electron chi connectivity index (χ1n) is 7.22. The fourth-order valence-corrected chi connectivity index (χ4v) is 1.98. The summed E-state index contributed by atoms with van der Waals surface area (Å²) in [6, 6.07) is 10.6. The van der Waals surface area contributed by atoms with Gasteiger partial charge in [-0.3, -0.25) is 4.79 Å². The topological polar surface area (TPSA) is 81.4 Å². The summed E-state index contributed by atoms with van der Waals surface area (Å²) in [5.41, 5.74) is 4.68. The zero-order valence-electron chi connectivity index (χ0n) is 13.1. The Morgan fingerprint density at radius 1 is 1.12 bits per heavy atom. The highest BCUT2D eigenvalue weighted by molar-refractivity contribution is 5.97. The number of carbonyl (C=O) groups excluding carboxylic acids is 2. The maximum atomic E-state index is 12.8. The highest BCUT2D eigenvalue weighted by Crippen LogP contribution is 2.32. The second-order valence-corrected chi connectivity index (χ2v) is 5.20. The van der Waals surface area contributed by atoms with Gasteiger partial charge in [0.2, 0.25) is 0 Å². The number of ether oxygens (including phenoxy) is 1. The van der Waals surface area contributed by atoms with Gasteiger partial charge in [-0.05, 0) is 37.3 Å². The van der Waals surface area contributed by atoms with Crippen LogP contribution in [-0.2, 0) is 15.7 Å². The minimum atomic E-state index is -4.48. The summed E-state index contributed by atoms with van der Waals surface area (Å²) in [6.07, 6.45) is -5.61. The van der Waals surface area contributed by atoms with Crippen molar-refractivity contribution in [1.29, 1.82) is 0 Å². The van der Waals surface area contributed by atoms with E-state index < -0.39 is 29.7 Å². The van der Waals surface area contributed by atoms with E-state index in [1.165, 1.54) is 31.2 Å². The van der Waals surface area contributed by atoms with Crippen LogP contribution < -0.4 is 11.1 Å². The first-order chi connectivity index (χ1) is 11.7. The second-order valence-electron chi connectivity index (χ2n) is 5.20. The molecule has 132 valence electrons. The van der Waals surface area contributed by atoms with Gasteiger partial charge >= 0.3 is 12.1 Å². The van der Waals surface area contributed by atoms with E-state index in [9.17, 15) is 22.8 Å². The van der Waals surface area contributed by atoms with E-state index in [0.717, 1.165) is 12.1 Å². The van der Waals surface area contributed by atoms with Gasteiger partial charge in [-0.2, -0.15) is 13.2 Å². The number of rotatable bonds is 5. The van der Waals surface area contributed by atoms with Crippen molar-refractivity contribution in [3.8, 4) is 0 Å². The number of hydrogen-bond acceptors (Lipinski definition) is 4. The highest BCUT2D eigenvalue weighted by Gasteiger charge is 2.30. The maximum absolute atomic E-state index is 12.8. The van der Waals surface area contributed by atoms with Crippen molar-refractivity contribution in [2.24, 2.45) is 5.73 Å². The number of nitrogens with two attached hydrogens (primary N) is 1. The van der Waals surface area contributed by atoms with Crippen LogP contribution >= 0.6 is 0 Å². The molecule has 0 radical (unpaired) electrons. The molecule has 8 heteroatoms. The van der Waals surface area contributed by atoms with E-state index in [1.807, 2.05) is 0 Å². The quantitative estimate of drug-likeness (QED) is 0.807. The van der Waals surface area contributed by atoms with Crippen molar-refractivity contribution in [3.63, 3.8) is 0 Å². The van der Waals surface area contributed by atoms with Crippen LogP contribution in [0, 0.1) is 0 Å². The van der Waals surface area contributed by atoms with Crippen LogP contribution in [0.5, 0.6) is 0 Å². The summed E-state index contributed by atoms with van der Waals surface area (Å²) >= 11 is 0. The van der Waals surface area contributed by atoms with Gasteiger partial charge in [0.1, 0.15) is 0 Å². The molecule has 0 saturated heterocycles. The van der Waals surface area contributed by atoms with Crippen LogP contribution in [-0.4, -0.2) is 18.0 Å². The van der Waals surface area contributed by atoms with Crippen LogP contribution in [0.2, 0.25) is 0 Å². The Kier molecular flexibility index (Phi) is 5.31. The van der Waals surface area contributed by atoms with Gasteiger partial charge in [-0.25, -0.2) is 4.79 Å². The van der Waals surface area contributed by atoms with Crippen LogP contribution in [0.3, 0.4) is 0 Å². The molecule has 2 rings (SSSR count). The molecule has 2 aromatic carbocycles. The Labute approximate surface area is 141 Å². The molecule has 1 atom stereocenters. The third-order valence-corrected chi connectivity index (χ3v) is 3.30.